The van der Waals surface area contributed by atoms with Gasteiger partial charge in [-0.3, -0.25) is 10.1 Å². The Hall–Kier alpha value is -1.82. The molecule has 20 heavy (non-hydrogen) atoms. The molecule has 1 N–H and O–H groups in total. The molecule has 106 valence electrons. The van der Waals surface area contributed by atoms with Gasteiger partial charge >= 0.3 is 0 Å². The largest absolute Gasteiger partial charge is 0.381 e. The minimum absolute atomic E-state index is 0.0454. The molecule has 2 rings (SSSR count). The number of hydrogen-bond acceptors (Lipinski definition) is 5. The van der Waals surface area contributed by atoms with Gasteiger partial charge in [0, 0.05) is 35.1 Å². The molecular weight excluding hydrogens is 274 g/mol. The van der Waals surface area contributed by atoms with Gasteiger partial charge in [-0.05, 0) is 30.9 Å². The third-order valence-corrected chi connectivity index (χ3v) is 3.90. The molecule has 0 aliphatic rings. The van der Waals surface area contributed by atoms with Crippen molar-refractivity contribution in [2.45, 2.75) is 19.4 Å². The lowest BCUT2D eigenvalue weighted by molar-refractivity contribution is -0.383. The Kier molecular flexibility index (Phi) is 4.79. The van der Waals surface area contributed by atoms with E-state index in [1.807, 2.05) is 6.07 Å². The fraction of sp³-hybridized carbons (Fsp3) is 0.357. The van der Waals surface area contributed by atoms with Crippen LogP contribution >= 0.6 is 11.8 Å². The zero-order valence-electron chi connectivity index (χ0n) is 11.5. The van der Waals surface area contributed by atoms with E-state index < -0.39 is 4.92 Å². The third-order valence-electron chi connectivity index (χ3n) is 3.17. The third kappa shape index (κ3) is 3.01. The molecule has 0 bridgehead atoms. The van der Waals surface area contributed by atoms with Crippen molar-refractivity contribution in [1.82, 2.24) is 4.98 Å². The van der Waals surface area contributed by atoms with Crippen LogP contribution in [0.5, 0.6) is 0 Å². The van der Waals surface area contributed by atoms with Crippen LogP contribution in [0.4, 0.5) is 11.4 Å². The molecule has 2 aromatic rings. The van der Waals surface area contributed by atoms with E-state index in [0.29, 0.717) is 11.6 Å². The fourth-order valence-corrected chi connectivity index (χ4v) is 2.84. The van der Waals surface area contributed by atoms with Crippen molar-refractivity contribution in [2.75, 3.05) is 17.3 Å². The van der Waals surface area contributed by atoms with E-state index in [9.17, 15) is 10.1 Å². The lowest BCUT2D eigenvalue weighted by Gasteiger charge is -2.18. The van der Waals surface area contributed by atoms with E-state index >= 15 is 0 Å². The van der Waals surface area contributed by atoms with Crippen LogP contribution in [0.1, 0.15) is 13.3 Å². The maximum Gasteiger partial charge on any atom is 0.295 e. The summed E-state index contributed by atoms with van der Waals surface area (Å²) in [4.78, 5) is 14.8. The summed E-state index contributed by atoms with van der Waals surface area (Å²) >= 11 is 1.78. The van der Waals surface area contributed by atoms with Gasteiger partial charge in [0.05, 0.1) is 4.92 Å². The molecular formula is C14H17N3O2S. The molecule has 0 radical (unpaired) electrons. The maximum atomic E-state index is 11.0. The lowest BCUT2D eigenvalue weighted by Crippen LogP contribution is -2.21. The van der Waals surface area contributed by atoms with E-state index in [4.69, 9.17) is 0 Å². The zero-order valence-corrected chi connectivity index (χ0v) is 12.3. The number of nitro benzene ring substituents is 1. The number of anilines is 1. The molecule has 0 amide bonds. The number of hydrogen-bond donors (Lipinski definition) is 1. The Morgan fingerprint density at radius 3 is 2.90 bits per heavy atom. The molecule has 1 aromatic carbocycles. The second-order valence-electron chi connectivity index (χ2n) is 4.49. The summed E-state index contributed by atoms with van der Waals surface area (Å²) in [5, 5.41) is 15.3. The van der Waals surface area contributed by atoms with Crippen LogP contribution in [0, 0.1) is 10.1 Å². The molecule has 1 heterocycles. The van der Waals surface area contributed by atoms with Crippen LogP contribution in [0.2, 0.25) is 0 Å². The summed E-state index contributed by atoms with van der Waals surface area (Å²) in [5.41, 5.74) is 1.38. The van der Waals surface area contributed by atoms with Crippen LogP contribution in [0.25, 0.3) is 10.9 Å². The summed E-state index contributed by atoms with van der Waals surface area (Å²) in [5.74, 6) is 0.995. The minimum Gasteiger partial charge on any atom is -0.381 e. The second kappa shape index (κ2) is 6.56. The Balaban J connectivity index is 2.45. The van der Waals surface area contributed by atoms with Gasteiger partial charge in [0.1, 0.15) is 5.52 Å². The fourth-order valence-electron chi connectivity index (χ4n) is 2.11. The molecule has 0 aliphatic heterocycles. The highest BCUT2D eigenvalue weighted by molar-refractivity contribution is 7.98. The highest BCUT2D eigenvalue weighted by atomic mass is 32.2. The predicted molar refractivity (Wildman–Crippen MR) is 84.5 cm³/mol. The lowest BCUT2D eigenvalue weighted by atomic mass is 10.1. The minimum atomic E-state index is -0.391. The van der Waals surface area contributed by atoms with Gasteiger partial charge in [0.2, 0.25) is 0 Å². The van der Waals surface area contributed by atoms with Crippen molar-refractivity contribution >= 4 is 34.0 Å². The number of thioether (sulfide) groups is 1. The number of aromatic nitrogens is 1. The Labute approximate surface area is 121 Å². The van der Waals surface area contributed by atoms with Gasteiger partial charge in [0.15, 0.2) is 0 Å². The monoisotopic (exact) mass is 291 g/mol. The van der Waals surface area contributed by atoms with Crippen LogP contribution in [0.15, 0.2) is 30.5 Å². The number of rotatable bonds is 6. The first-order valence-electron chi connectivity index (χ1n) is 6.45. The first-order valence-corrected chi connectivity index (χ1v) is 7.84. The number of nitro groups is 1. The van der Waals surface area contributed by atoms with Crippen LogP contribution in [0.3, 0.4) is 0 Å². The highest BCUT2D eigenvalue weighted by Gasteiger charge is 2.16. The normalized spacial score (nSPS) is 12.3. The standard InChI is InChI=1S/C14H17N3O2S/c1-3-10(9-20-2)16-12-6-7-13(17(18)19)14-11(12)5-4-8-15-14/h4-8,10,16H,3,9H2,1-2H3. The van der Waals surface area contributed by atoms with Crippen molar-refractivity contribution in [3.63, 3.8) is 0 Å². The predicted octanol–water partition coefficient (Wildman–Crippen LogP) is 3.70. The van der Waals surface area contributed by atoms with Crippen molar-refractivity contribution in [3.8, 4) is 0 Å². The Bertz CT molecular complexity index is 618. The molecule has 0 aliphatic carbocycles. The summed E-state index contributed by atoms with van der Waals surface area (Å²) in [6.45, 7) is 2.12. The summed E-state index contributed by atoms with van der Waals surface area (Å²) in [6, 6.07) is 7.29. The molecule has 1 unspecified atom stereocenters. The van der Waals surface area contributed by atoms with E-state index in [2.05, 4.69) is 23.5 Å². The van der Waals surface area contributed by atoms with Gasteiger partial charge in [-0.1, -0.05) is 6.92 Å². The first kappa shape index (κ1) is 14.6. The van der Waals surface area contributed by atoms with Gasteiger partial charge in [0.25, 0.3) is 5.69 Å². The molecule has 0 saturated heterocycles. The van der Waals surface area contributed by atoms with Crippen LogP contribution in [-0.4, -0.2) is 28.0 Å². The first-order chi connectivity index (χ1) is 9.67. The van der Waals surface area contributed by atoms with Crippen molar-refractivity contribution < 1.29 is 4.92 Å². The van der Waals surface area contributed by atoms with Crippen LogP contribution in [-0.2, 0) is 0 Å². The Morgan fingerprint density at radius 2 is 2.25 bits per heavy atom. The molecule has 1 atom stereocenters. The number of nitrogens with zero attached hydrogens (tertiary/aromatic N) is 2. The van der Waals surface area contributed by atoms with Gasteiger partial charge < -0.3 is 5.32 Å². The number of benzene rings is 1. The van der Waals surface area contributed by atoms with E-state index in [1.165, 1.54) is 6.07 Å². The molecule has 0 spiro atoms. The zero-order chi connectivity index (χ0) is 14.5. The van der Waals surface area contributed by atoms with Crippen LogP contribution < -0.4 is 5.32 Å². The number of nitrogens with one attached hydrogen (secondary N) is 1. The topological polar surface area (TPSA) is 68.1 Å². The number of pyridine rings is 1. The van der Waals surface area contributed by atoms with Gasteiger partial charge in [-0.15, -0.1) is 0 Å². The molecule has 0 saturated carbocycles. The average Bonchev–Trinajstić information content (AvgIpc) is 2.46. The number of fused-ring (bicyclic) bond motifs is 1. The smallest absolute Gasteiger partial charge is 0.295 e. The van der Waals surface area contributed by atoms with E-state index in [1.54, 1.807) is 30.1 Å². The molecule has 0 fully saturated rings. The van der Waals surface area contributed by atoms with Gasteiger partial charge in [-0.2, -0.15) is 11.8 Å². The summed E-state index contributed by atoms with van der Waals surface area (Å²) in [7, 11) is 0. The van der Waals surface area contributed by atoms with Crippen molar-refractivity contribution in [1.29, 1.82) is 0 Å². The van der Waals surface area contributed by atoms with Crippen molar-refractivity contribution in [3.05, 3.63) is 40.6 Å². The van der Waals surface area contributed by atoms with E-state index in [0.717, 1.165) is 23.2 Å². The summed E-state index contributed by atoms with van der Waals surface area (Å²) < 4.78 is 0. The van der Waals surface area contributed by atoms with Gasteiger partial charge in [-0.25, -0.2) is 4.98 Å². The second-order valence-corrected chi connectivity index (χ2v) is 5.40. The Morgan fingerprint density at radius 1 is 1.45 bits per heavy atom. The average molecular weight is 291 g/mol. The molecule has 1 aromatic heterocycles. The molecule has 5 nitrogen and oxygen atoms in total. The van der Waals surface area contributed by atoms with Crippen molar-refractivity contribution in [2.24, 2.45) is 0 Å². The summed E-state index contributed by atoms with van der Waals surface area (Å²) in [6.07, 6.45) is 4.65. The van der Waals surface area contributed by atoms with E-state index in [-0.39, 0.29) is 5.69 Å². The maximum absolute atomic E-state index is 11.0. The quantitative estimate of drug-likeness (QED) is 0.649. The SMILES string of the molecule is CCC(CSC)Nc1ccc([N+](=O)[O-])c2ncccc12. The molecule has 6 heteroatoms. The number of non-ortho nitro benzene ring substituents is 1. The highest BCUT2D eigenvalue weighted by Crippen LogP contribution is 2.30.